The van der Waals surface area contributed by atoms with Crippen LogP contribution in [0.2, 0.25) is 0 Å². The first-order valence-corrected chi connectivity index (χ1v) is 13.8. The van der Waals surface area contributed by atoms with Gasteiger partial charge in [-0.1, -0.05) is 0 Å². The average Bonchev–Trinajstić information content (AvgIpc) is 1.88. The van der Waals surface area contributed by atoms with E-state index in [4.69, 9.17) is 17.2 Å². The van der Waals surface area contributed by atoms with Crippen molar-refractivity contribution in [2.75, 3.05) is 0 Å². The van der Waals surface area contributed by atoms with Crippen molar-refractivity contribution in [2.45, 2.75) is 0 Å². The summed E-state index contributed by atoms with van der Waals surface area (Å²) in [5, 5.41) is 0. The molecule has 0 nitrogen and oxygen atoms in total. The maximum atomic E-state index is 5.74. The van der Waals surface area contributed by atoms with Crippen LogP contribution >= 0.6 is 17.2 Å². The van der Waals surface area contributed by atoms with Gasteiger partial charge in [-0.15, -0.1) is 0 Å². The van der Waals surface area contributed by atoms with Crippen molar-refractivity contribution in [3.63, 3.8) is 0 Å². The molecule has 0 aliphatic rings. The number of benzene rings is 1. The first-order valence-electron chi connectivity index (χ1n) is 2.87. The summed E-state index contributed by atoms with van der Waals surface area (Å²) in [7, 11) is 11.5. The predicted molar refractivity (Wildman–Crippen MR) is 43.3 cm³/mol. The molecule has 3 heteroatoms. The van der Waals surface area contributed by atoms with Crippen LogP contribution in [0.4, 0.5) is 0 Å². The van der Waals surface area contributed by atoms with Gasteiger partial charge in [0.05, 0.1) is 0 Å². The molecule has 1 rings (SSSR count). The van der Waals surface area contributed by atoms with E-state index in [2.05, 4.69) is 0 Å². The topological polar surface area (TPSA) is 0 Å². The normalized spacial score (nSPS) is 9.00. The summed E-state index contributed by atoms with van der Waals surface area (Å²) in [4.78, 5) is 0. The third-order valence-corrected chi connectivity index (χ3v) is 4.84. The quantitative estimate of drug-likeness (QED) is 0.690. The van der Waals surface area contributed by atoms with Crippen molar-refractivity contribution in [2.24, 2.45) is 0 Å². The van der Waals surface area contributed by atoms with Gasteiger partial charge in [0.1, 0.15) is 0 Å². The molecule has 52 valence electrons. The minimum atomic E-state index is -2.20. The summed E-state index contributed by atoms with van der Waals surface area (Å²) >= 11 is -2.20. The number of rotatable bonds is 1. The number of halogens is 2. The van der Waals surface area contributed by atoms with Crippen LogP contribution in [-0.2, 0) is 18.6 Å². The van der Waals surface area contributed by atoms with Gasteiger partial charge in [-0.3, -0.25) is 0 Å². The van der Waals surface area contributed by atoms with Crippen molar-refractivity contribution in [3.8, 4) is 0 Å². The third-order valence-electron chi connectivity index (χ3n) is 1.08. The Labute approximate surface area is 74.9 Å². The summed E-state index contributed by atoms with van der Waals surface area (Å²) in [5.41, 5.74) is 1.15. The Morgan fingerprint density at radius 3 is 2.20 bits per heavy atom. The first kappa shape index (κ1) is 8.64. The summed E-state index contributed by atoms with van der Waals surface area (Å²) in [6, 6.07) is 9.96. The molecule has 0 unspecified atom stereocenters. The SMILES string of the molecule is [Cl][Hf]([Cl])=[CH]c1ccccc1. The molecule has 0 radical (unpaired) electrons. The van der Waals surface area contributed by atoms with E-state index in [9.17, 15) is 0 Å². The molecule has 0 aliphatic carbocycles. The molecule has 0 spiro atoms. The molecule has 0 saturated carbocycles. The Balaban J connectivity index is 2.87. The molecular weight excluding hydrogens is 333 g/mol. The van der Waals surface area contributed by atoms with E-state index in [-0.39, 0.29) is 0 Å². The summed E-state index contributed by atoms with van der Waals surface area (Å²) in [6.07, 6.45) is 0. The van der Waals surface area contributed by atoms with E-state index in [1.807, 2.05) is 34.1 Å². The second kappa shape index (κ2) is 4.42. The molecule has 1 aromatic carbocycles. The Kier molecular flexibility index (Phi) is 3.82. The number of hydrogen-bond donors (Lipinski definition) is 0. The van der Waals surface area contributed by atoms with Crippen molar-refractivity contribution in [3.05, 3.63) is 35.9 Å². The molecule has 0 saturated heterocycles. The van der Waals surface area contributed by atoms with Crippen molar-refractivity contribution in [1.29, 1.82) is 0 Å². The summed E-state index contributed by atoms with van der Waals surface area (Å²) in [5.74, 6) is 0. The van der Waals surface area contributed by atoms with Crippen molar-refractivity contribution >= 4 is 20.9 Å². The fraction of sp³-hybridized carbons (Fsp3) is 0. The Bertz CT molecular complexity index is 227. The van der Waals surface area contributed by atoms with E-state index < -0.39 is 18.6 Å². The zero-order valence-corrected chi connectivity index (χ0v) is 10.3. The minimum absolute atomic E-state index is 1.15. The van der Waals surface area contributed by atoms with Crippen molar-refractivity contribution in [1.82, 2.24) is 0 Å². The van der Waals surface area contributed by atoms with Crippen LogP contribution in [0.1, 0.15) is 5.56 Å². The van der Waals surface area contributed by atoms with Crippen LogP contribution in [0, 0.1) is 0 Å². The van der Waals surface area contributed by atoms with Gasteiger partial charge < -0.3 is 0 Å². The molecular formula is C7H6Cl2Hf. The third kappa shape index (κ3) is 3.09. The van der Waals surface area contributed by atoms with Crippen LogP contribution in [0.15, 0.2) is 30.3 Å². The van der Waals surface area contributed by atoms with Crippen LogP contribution < -0.4 is 0 Å². The fourth-order valence-electron chi connectivity index (χ4n) is 0.675. The van der Waals surface area contributed by atoms with Gasteiger partial charge in [0.2, 0.25) is 0 Å². The van der Waals surface area contributed by atoms with Crippen LogP contribution in [0.25, 0.3) is 0 Å². The Morgan fingerprint density at radius 1 is 1.10 bits per heavy atom. The fourth-order valence-corrected chi connectivity index (χ4v) is 4.33. The van der Waals surface area contributed by atoms with E-state index in [0.717, 1.165) is 5.56 Å². The van der Waals surface area contributed by atoms with Gasteiger partial charge in [0.25, 0.3) is 0 Å². The van der Waals surface area contributed by atoms with Gasteiger partial charge in [0, 0.05) is 0 Å². The standard InChI is InChI=1S/C7H6.2ClH.Hf/c1-7-5-3-2-4-6-7;;;/h1-6H;2*1H;/q;;;+2/p-2. The van der Waals surface area contributed by atoms with Crippen LogP contribution in [0.3, 0.4) is 0 Å². The molecule has 0 atom stereocenters. The Hall–Kier alpha value is 0.540. The molecule has 0 bridgehead atoms. The van der Waals surface area contributed by atoms with Gasteiger partial charge >= 0.3 is 75.4 Å². The van der Waals surface area contributed by atoms with E-state index in [1.54, 1.807) is 0 Å². The predicted octanol–water partition coefficient (Wildman–Crippen LogP) is 2.76. The summed E-state index contributed by atoms with van der Waals surface area (Å²) in [6.45, 7) is 0. The van der Waals surface area contributed by atoms with Gasteiger partial charge in [-0.25, -0.2) is 0 Å². The Morgan fingerprint density at radius 2 is 1.70 bits per heavy atom. The zero-order valence-electron chi connectivity index (χ0n) is 5.22. The first-order chi connectivity index (χ1) is 4.79. The molecule has 0 aromatic heterocycles. The summed E-state index contributed by atoms with van der Waals surface area (Å²) < 4.78 is 1.99. The van der Waals surface area contributed by atoms with Crippen molar-refractivity contribution < 1.29 is 18.6 Å². The monoisotopic (exact) mass is 340 g/mol. The maximum absolute atomic E-state index is 5.74. The molecule has 0 fully saturated rings. The zero-order chi connectivity index (χ0) is 7.40. The molecule has 1 aromatic rings. The number of hydrogen-bond acceptors (Lipinski definition) is 0. The molecule has 0 aliphatic heterocycles. The average molecular weight is 340 g/mol. The molecule has 0 heterocycles. The molecule has 10 heavy (non-hydrogen) atoms. The van der Waals surface area contributed by atoms with E-state index in [0.29, 0.717) is 0 Å². The molecule has 0 amide bonds. The second-order valence-corrected chi connectivity index (χ2v) is 13.2. The van der Waals surface area contributed by atoms with Crippen LogP contribution in [0.5, 0.6) is 0 Å². The van der Waals surface area contributed by atoms with Gasteiger partial charge in [0.15, 0.2) is 0 Å². The van der Waals surface area contributed by atoms with Gasteiger partial charge in [-0.2, -0.15) is 0 Å². The van der Waals surface area contributed by atoms with Crippen LogP contribution in [-0.4, -0.2) is 3.76 Å². The van der Waals surface area contributed by atoms with E-state index in [1.165, 1.54) is 0 Å². The van der Waals surface area contributed by atoms with E-state index >= 15 is 0 Å². The van der Waals surface area contributed by atoms with Gasteiger partial charge in [-0.05, 0) is 0 Å². The second-order valence-electron chi connectivity index (χ2n) is 1.84. The molecule has 0 N–H and O–H groups in total.